The van der Waals surface area contributed by atoms with Crippen LogP contribution in [0.25, 0.3) is 11.0 Å². The zero-order valence-electron chi connectivity index (χ0n) is 23.0. The summed E-state index contributed by atoms with van der Waals surface area (Å²) in [7, 11) is 1.91. The van der Waals surface area contributed by atoms with Crippen molar-refractivity contribution in [3.05, 3.63) is 82.5 Å². The molecule has 1 aliphatic heterocycles. The monoisotopic (exact) mass is 530 g/mol. The lowest BCUT2D eigenvalue weighted by atomic mass is 9.89. The van der Waals surface area contributed by atoms with Crippen LogP contribution in [0, 0.1) is 11.2 Å². The molecular weight excluding hydrogens is 495 g/mol. The first-order valence-corrected chi connectivity index (χ1v) is 13.5. The van der Waals surface area contributed by atoms with Crippen molar-refractivity contribution in [3.8, 4) is 0 Å². The molecule has 2 aromatic carbocycles. The Morgan fingerprint density at radius 2 is 1.77 bits per heavy atom. The minimum Gasteiger partial charge on any atom is -0.342 e. The molecule has 1 aliphatic rings. The fraction of sp³-hybridized carbons (Fsp3) is 0.400. The van der Waals surface area contributed by atoms with Crippen LogP contribution in [0.1, 0.15) is 50.4 Å². The molecule has 0 amide bonds. The van der Waals surface area contributed by atoms with E-state index in [1.165, 1.54) is 29.0 Å². The van der Waals surface area contributed by atoms with Gasteiger partial charge >= 0.3 is 0 Å². The Balaban J connectivity index is 1.38. The predicted molar refractivity (Wildman–Crippen MR) is 152 cm³/mol. The average molecular weight is 531 g/mol. The van der Waals surface area contributed by atoms with Gasteiger partial charge in [-0.25, -0.2) is 18.9 Å². The van der Waals surface area contributed by atoms with E-state index in [1.807, 2.05) is 63.1 Å². The SMILES string of the molecule is CCC(C)(C)C(=O)n1c(N(C)C2CCN(c3nc4ccccc4n3Cc3ccc(F)cc3)CC2)nccc1=O. The molecule has 5 rings (SSSR count). The molecule has 0 atom stereocenters. The Morgan fingerprint density at radius 3 is 2.46 bits per heavy atom. The van der Waals surface area contributed by atoms with E-state index in [4.69, 9.17) is 4.98 Å². The predicted octanol–water partition coefficient (Wildman–Crippen LogP) is 4.96. The van der Waals surface area contributed by atoms with Crippen molar-refractivity contribution in [2.75, 3.05) is 29.9 Å². The summed E-state index contributed by atoms with van der Waals surface area (Å²) >= 11 is 0. The van der Waals surface area contributed by atoms with Crippen molar-refractivity contribution in [3.63, 3.8) is 0 Å². The van der Waals surface area contributed by atoms with E-state index < -0.39 is 5.41 Å². The number of nitrogens with zero attached hydrogens (tertiary/aromatic N) is 6. The minimum absolute atomic E-state index is 0.106. The number of hydrogen-bond donors (Lipinski definition) is 0. The summed E-state index contributed by atoms with van der Waals surface area (Å²) in [5.74, 6) is 0.781. The highest BCUT2D eigenvalue weighted by Gasteiger charge is 2.33. The van der Waals surface area contributed by atoms with Gasteiger partial charge in [-0.2, -0.15) is 0 Å². The number of piperidine rings is 1. The molecule has 3 heterocycles. The third-order valence-electron chi connectivity index (χ3n) is 7.99. The third-order valence-corrected chi connectivity index (χ3v) is 7.99. The topological polar surface area (TPSA) is 76.3 Å². The third kappa shape index (κ3) is 5.17. The molecule has 0 aliphatic carbocycles. The summed E-state index contributed by atoms with van der Waals surface area (Å²) in [5.41, 5.74) is 1.93. The van der Waals surface area contributed by atoms with Crippen LogP contribution in [0.5, 0.6) is 0 Å². The van der Waals surface area contributed by atoms with Crippen LogP contribution in [0.3, 0.4) is 0 Å². The Kier molecular flexibility index (Phi) is 7.25. The summed E-state index contributed by atoms with van der Waals surface area (Å²) in [4.78, 5) is 39.8. The summed E-state index contributed by atoms with van der Waals surface area (Å²) < 4.78 is 16.9. The lowest BCUT2D eigenvalue weighted by molar-refractivity contribution is 0.0734. The summed E-state index contributed by atoms with van der Waals surface area (Å²) in [5, 5.41) is 0. The normalized spacial score (nSPS) is 14.6. The van der Waals surface area contributed by atoms with Crippen molar-refractivity contribution < 1.29 is 9.18 Å². The van der Waals surface area contributed by atoms with Gasteiger partial charge in [0.2, 0.25) is 17.8 Å². The van der Waals surface area contributed by atoms with Crippen molar-refractivity contribution in [2.24, 2.45) is 5.41 Å². The number of para-hydroxylation sites is 2. The zero-order valence-corrected chi connectivity index (χ0v) is 23.0. The van der Waals surface area contributed by atoms with Gasteiger partial charge in [0.25, 0.3) is 5.56 Å². The highest BCUT2D eigenvalue weighted by molar-refractivity contribution is 5.86. The lowest BCUT2D eigenvalue weighted by Gasteiger charge is -2.38. The van der Waals surface area contributed by atoms with E-state index in [2.05, 4.69) is 20.5 Å². The number of imidazole rings is 1. The van der Waals surface area contributed by atoms with Crippen LogP contribution in [-0.4, -0.2) is 51.2 Å². The molecule has 0 spiro atoms. The van der Waals surface area contributed by atoms with Crippen LogP contribution >= 0.6 is 0 Å². The molecule has 1 saturated heterocycles. The van der Waals surface area contributed by atoms with Gasteiger partial charge in [0.15, 0.2) is 0 Å². The molecular formula is C30H35FN6O2. The maximum atomic E-state index is 13.5. The molecule has 0 N–H and O–H groups in total. The van der Waals surface area contributed by atoms with E-state index >= 15 is 0 Å². The fourth-order valence-electron chi connectivity index (χ4n) is 5.14. The van der Waals surface area contributed by atoms with Gasteiger partial charge < -0.3 is 14.4 Å². The van der Waals surface area contributed by atoms with Gasteiger partial charge in [-0.3, -0.25) is 9.59 Å². The van der Waals surface area contributed by atoms with E-state index in [0.717, 1.165) is 48.5 Å². The molecule has 0 bridgehead atoms. The number of rotatable bonds is 7. The molecule has 2 aromatic heterocycles. The van der Waals surface area contributed by atoms with Crippen LogP contribution in [0.4, 0.5) is 16.3 Å². The van der Waals surface area contributed by atoms with Crippen LogP contribution in [0.15, 0.2) is 65.6 Å². The van der Waals surface area contributed by atoms with Crippen LogP contribution in [0.2, 0.25) is 0 Å². The van der Waals surface area contributed by atoms with Gasteiger partial charge in [0.05, 0.1) is 17.6 Å². The molecule has 0 saturated carbocycles. The van der Waals surface area contributed by atoms with E-state index in [-0.39, 0.29) is 23.3 Å². The highest BCUT2D eigenvalue weighted by atomic mass is 19.1. The Bertz CT molecular complexity index is 1530. The first-order valence-electron chi connectivity index (χ1n) is 13.5. The molecule has 8 nitrogen and oxygen atoms in total. The first kappa shape index (κ1) is 26.6. The number of anilines is 2. The number of benzene rings is 2. The fourth-order valence-corrected chi connectivity index (χ4v) is 5.14. The second-order valence-corrected chi connectivity index (χ2v) is 10.9. The summed E-state index contributed by atoms with van der Waals surface area (Å²) in [6.45, 7) is 7.76. The number of carbonyl (C=O) groups is 1. The minimum atomic E-state index is -0.671. The van der Waals surface area contributed by atoms with Gasteiger partial charge in [0.1, 0.15) is 5.82 Å². The Morgan fingerprint density at radius 1 is 1.08 bits per heavy atom. The molecule has 204 valence electrons. The first-order chi connectivity index (χ1) is 18.7. The van der Waals surface area contributed by atoms with Crippen molar-refractivity contribution >= 4 is 28.8 Å². The largest absolute Gasteiger partial charge is 0.342 e. The Hall–Kier alpha value is -4.01. The molecule has 1 fully saturated rings. The smallest absolute Gasteiger partial charge is 0.261 e. The van der Waals surface area contributed by atoms with E-state index in [1.54, 1.807) is 0 Å². The number of fused-ring (bicyclic) bond motifs is 1. The molecule has 4 aromatic rings. The second kappa shape index (κ2) is 10.6. The van der Waals surface area contributed by atoms with Crippen LogP contribution in [-0.2, 0) is 6.54 Å². The maximum Gasteiger partial charge on any atom is 0.261 e. The molecule has 0 unspecified atom stereocenters. The van der Waals surface area contributed by atoms with Crippen molar-refractivity contribution in [1.82, 2.24) is 19.1 Å². The van der Waals surface area contributed by atoms with Crippen molar-refractivity contribution in [1.29, 1.82) is 0 Å². The number of carbonyl (C=O) groups excluding carboxylic acids is 1. The number of halogens is 1. The van der Waals surface area contributed by atoms with Gasteiger partial charge in [-0.1, -0.05) is 45.0 Å². The van der Waals surface area contributed by atoms with E-state index in [0.29, 0.717) is 18.9 Å². The van der Waals surface area contributed by atoms with Crippen molar-refractivity contribution in [2.45, 2.75) is 52.6 Å². The van der Waals surface area contributed by atoms with E-state index in [9.17, 15) is 14.0 Å². The van der Waals surface area contributed by atoms with Crippen LogP contribution < -0.4 is 15.4 Å². The zero-order chi connectivity index (χ0) is 27.7. The van der Waals surface area contributed by atoms with Gasteiger partial charge in [-0.15, -0.1) is 0 Å². The van der Waals surface area contributed by atoms with Gasteiger partial charge in [0, 0.05) is 43.9 Å². The molecule has 0 radical (unpaired) electrons. The number of hydrogen-bond acceptors (Lipinski definition) is 6. The Labute approximate surface area is 227 Å². The lowest BCUT2D eigenvalue weighted by Crippen LogP contribution is -2.47. The quantitative estimate of drug-likeness (QED) is 0.336. The summed E-state index contributed by atoms with van der Waals surface area (Å²) in [6, 6.07) is 16.1. The van der Waals surface area contributed by atoms with Gasteiger partial charge in [-0.05, 0) is 49.1 Å². The standard InChI is InChI=1S/C30H35FN6O2/c1-5-30(2,3)27(39)37-26(38)14-17-32-28(37)34(4)23-15-18-35(19-16-23)29-33-24-8-6-7-9-25(24)36(29)20-21-10-12-22(31)13-11-21/h6-14,17,23H,5,15-16,18-20H2,1-4H3. The highest BCUT2D eigenvalue weighted by Crippen LogP contribution is 2.29. The average Bonchev–Trinajstić information content (AvgIpc) is 3.31. The summed E-state index contributed by atoms with van der Waals surface area (Å²) in [6.07, 6.45) is 3.72. The molecule has 9 heteroatoms. The number of aromatic nitrogens is 4. The second-order valence-electron chi connectivity index (χ2n) is 10.9. The maximum absolute atomic E-state index is 13.5. The molecule has 39 heavy (non-hydrogen) atoms.